The molecule has 1 aromatic heterocycles. The maximum atomic E-state index is 9.03. The number of halogens is 1. The lowest BCUT2D eigenvalue weighted by molar-refractivity contribution is 0.281. The van der Waals surface area contributed by atoms with E-state index < -0.39 is 0 Å². The summed E-state index contributed by atoms with van der Waals surface area (Å²) in [4.78, 5) is 4.25. The Balaban J connectivity index is 2.79. The molecule has 2 nitrogen and oxygen atoms in total. The zero-order valence-electron chi connectivity index (χ0n) is 6.87. The lowest BCUT2D eigenvalue weighted by Gasteiger charge is -2.03. The van der Waals surface area contributed by atoms with Crippen LogP contribution in [0.2, 0.25) is 0 Å². The minimum absolute atomic E-state index is 0.0517. The number of para-hydroxylation sites is 1. The van der Waals surface area contributed by atoms with E-state index in [1.54, 1.807) is 6.20 Å². The summed E-state index contributed by atoms with van der Waals surface area (Å²) in [5.74, 6) is 0. The van der Waals surface area contributed by atoms with E-state index in [0.717, 1.165) is 20.0 Å². The van der Waals surface area contributed by atoms with E-state index in [0.29, 0.717) is 0 Å². The second-order valence-corrected chi connectivity index (χ2v) is 3.85. The number of aromatic nitrogens is 1. The van der Waals surface area contributed by atoms with Crippen molar-refractivity contribution in [1.82, 2.24) is 4.98 Å². The van der Waals surface area contributed by atoms with Crippen LogP contribution in [0.5, 0.6) is 0 Å². The van der Waals surface area contributed by atoms with Gasteiger partial charge in [-0.15, -0.1) is 0 Å². The van der Waals surface area contributed by atoms with E-state index >= 15 is 0 Å². The van der Waals surface area contributed by atoms with Gasteiger partial charge in [-0.3, -0.25) is 4.98 Å². The Morgan fingerprint density at radius 3 is 2.85 bits per heavy atom. The first-order valence-electron chi connectivity index (χ1n) is 3.96. The van der Waals surface area contributed by atoms with Gasteiger partial charge in [-0.05, 0) is 28.7 Å². The van der Waals surface area contributed by atoms with Gasteiger partial charge in [0.25, 0.3) is 0 Å². The average molecular weight is 285 g/mol. The Labute approximate surface area is 89.8 Å². The highest BCUT2D eigenvalue weighted by molar-refractivity contribution is 14.1. The molecule has 0 radical (unpaired) electrons. The van der Waals surface area contributed by atoms with Gasteiger partial charge in [-0.25, -0.2) is 0 Å². The number of fused-ring (bicyclic) bond motifs is 1. The van der Waals surface area contributed by atoms with E-state index in [1.807, 2.05) is 24.3 Å². The number of hydrogen-bond acceptors (Lipinski definition) is 2. The topological polar surface area (TPSA) is 33.1 Å². The number of nitrogens with zero attached hydrogens (tertiary/aromatic N) is 1. The van der Waals surface area contributed by atoms with Crippen molar-refractivity contribution >= 4 is 33.5 Å². The largest absolute Gasteiger partial charge is 0.392 e. The molecule has 1 heterocycles. The van der Waals surface area contributed by atoms with E-state index in [-0.39, 0.29) is 6.61 Å². The molecule has 0 aliphatic heterocycles. The molecule has 0 atom stereocenters. The van der Waals surface area contributed by atoms with Gasteiger partial charge in [0.05, 0.1) is 12.1 Å². The summed E-state index contributed by atoms with van der Waals surface area (Å²) < 4.78 is 1.09. The summed E-state index contributed by atoms with van der Waals surface area (Å²) in [6.07, 6.45) is 1.73. The Morgan fingerprint density at radius 2 is 2.08 bits per heavy atom. The van der Waals surface area contributed by atoms with Crippen LogP contribution in [-0.2, 0) is 6.61 Å². The number of pyridine rings is 1. The van der Waals surface area contributed by atoms with E-state index in [9.17, 15) is 0 Å². The highest BCUT2D eigenvalue weighted by Crippen LogP contribution is 2.21. The number of benzene rings is 1. The van der Waals surface area contributed by atoms with E-state index in [2.05, 4.69) is 27.6 Å². The third kappa shape index (κ3) is 1.53. The minimum atomic E-state index is 0.0517. The molecule has 3 heteroatoms. The Kier molecular flexibility index (Phi) is 2.46. The molecule has 0 bridgehead atoms. The first-order valence-corrected chi connectivity index (χ1v) is 5.04. The third-order valence-electron chi connectivity index (χ3n) is 1.95. The van der Waals surface area contributed by atoms with Gasteiger partial charge >= 0.3 is 0 Å². The second-order valence-electron chi connectivity index (χ2n) is 2.77. The summed E-state index contributed by atoms with van der Waals surface area (Å²) in [5, 5.41) is 10.1. The van der Waals surface area contributed by atoms with Crippen molar-refractivity contribution in [2.75, 3.05) is 0 Å². The fraction of sp³-hybridized carbons (Fsp3) is 0.100. The highest BCUT2D eigenvalue weighted by atomic mass is 127. The van der Waals surface area contributed by atoms with Gasteiger partial charge in [0.2, 0.25) is 0 Å². The predicted molar refractivity (Wildman–Crippen MR) is 60.4 cm³/mol. The summed E-state index contributed by atoms with van der Waals surface area (Å²) in [6, 6.07) is 7.93. The van der Waals surface area contributed by atoms with Crippen LogP contribution in [-0.4, -0.2) is 10.1 Å². The van der Waals surface area contributed by atoms with Crippen LogP contribution in [0.3, 0.4) is 0 Å². The second kappa shape index (κ2) is 3.59. The number of hydrogen-bond donors (Lipinski definition) is 1. The molecule has 1 N–H and O–H groups in total. The Bertz CT molecular complexity index is 442. The molecule has 0 aliphatic carbocycles. The van der Waals surface area contributed by atoms with Crippen molar-refractivity contribution < 1.29 is 5.11 Å². The molecule has 0 aliphatic rings. The highest BCUT2D eigenvalue weighted by Gasteiger charge is 2.03. The summed E-state index contributed by atoms with van der Waals surface area (Å²) in [7, 11) is 0. The van der Waals surface area contributed by atoms with Crippen molar-refractivity contribution in [3.8, 4) is 0 Å². The molecule has 0 saturated heterocycles. The molecule has 0 amide bonds. The quantitative estimate of drug-likeness (QED) is 0.816. The summed E-state index contributed by atoms with van der Waals surface area (Å²) >= 11 is 2.24. The molecule has 13 heavy (non-hydrogen) atoms. The van der Waals surface area contributed by atoms with Gasteiger partial charge in [-0.1, -0.05) is 18.2 Å². The van der Waals surface area contributed by atoms with Crippen LogP contribution in [0.1, 0.15) is 5.56 Å². The molecule has 2 aromatic rings. The first kappa shape index (κ1) is 8.90. The summed E-state index contributed by atoms with van der Waals surface area (Å²) in [6.45, 7) is 0.0517. The SMILES string of the molecule is OCc1cnc2ccccc2c1I. The average Bonchev–Trinajstić information content (AvgIpc) is 2.19. The molecular weight excluding hydrogens is 277 g/mol. The van der Waals surface area contributed by atoms with Gasteiger partial charge in [0.15, 0.2) is 0 Å². The normalized spacial score (nSPS) is 10.6. The molecule has 1 aromatic carbocycles. The first-order chi connectivity index (χ1) is 6.33. The lowest BCUT2D eigenvalue weighted by atomic mass is 10.2. The molecule has 2 rings (SSSR count). The van der Waals surface area contributed by atoms with Crippen LogP contribution in [0.25, 0.3) is 10.9 Å². The lowest BCUT2D eigenvalue weighted by Crippen LogP contribution is -1.91. The van der Waals surface area contributed by atoms with Crippen molar-refractivity contribution in [3.63, 3.8) is 0 Å². The van der Waals surface area contributed by atoms with Crippen molar-refractivity contribution in [2.24, 2.45) is 0 Å². The molecule has 0 fully saturated rings. The van der Waals surface area contributed by atoms with E-state index in [4.69, 9.17) is 5.11 Å². The van der Waals surface area contributed by atoms with Crippen LogP contribution in [0, 0.1) is 3.57 Å². The van der Waals surface area contributed by atoms with Crippen molar-refractivity contribution in [2.45, 2.75) is 6.61 Å². The molecule has 0 spiro atoms. The predicted octanol–water partition coefficient (Wildman–Crippen LogP) is 2.33. The molecule has 0 saturated carbocycles. The van der Waals surface area contributed by atoms with Crippen LogP contribution in [0.15, 0.2) is 30.5 Å². The smallest absolute Gasteiger partial charge is 0.0712 e. The van der Waals surface area contributed by atoms with Gasteiger partial charge in [0.1, 0.15) is 0 Å². The van der Waals surface area contributed by atoms with Gasteiger partial charge in [0, 0.05) is 20.7 Å². The van der Waals surface area contributed by atoms with E-state index in [1.165, 1.54) is 0 Å². The fourth-order valence-corrected chi connectivity index (χ4v) is 2.03. The molecular formula is C10H8INO. The number of aliphatic hydroxyl groups excluding tert-OH is 1. The Hall–Kier alpha value is -0.680. The summed E-state index contributed by atoms with van der Waals surface area (Å²) in [5.41, 5.74) is 1.86. The number of rotatable bonds is 1. The zero-order chi connectivity index (χ0) is 9.26. The van der Waals surface area contributed by atoms with Gasteiger partial charge < -0.3 is 5.11 Å². The van der Waals surface area contributed by atoms with Crippen molar-refractivity contribution in [1.29, 1.82) is 0 Å². The monoisotopic (exact) mass is 285 g/mol. The van der Waals surface area contributed by atoms with Crippen LogP contribution < -0.4 is 0 Å². The molecule has 0 unspecified atom stereocenters. The maximum absolute atomic E-state index is 9.03. The number of aliphatic hydroxyl groups is 1. The Morgan fingerprint density at radius 1 is 1.31 bits per heavy atom. The van der Waals surface area contributed by atoms with Gasteiger partial charge in [-0.2, -0.15) is 0 Å². The minimum Gasteiger partial charge on any atom is -0.392 e. The molecule has 66 valence electrons. The standard InChI is InChI=1S/C10H8INO/c11-10-7(6-13)5-12-9-4-2-1-3-8(9)10/h1-5,13H,6H2. The fourth-order valence-electron chi connectivity index (χ4n) is 1.26. The zero-order valence-corrected chi connectivity index (χ0v) is 9.02. The van der Waals surface area contributed by atoms with Crippen LogP contribution >= 0.6 is 22.6 Å². The third-order valence-corrected chi connectivity index (χ3v) is 3.23. The van der Waals surface area contributed by atoms with Crippen molar-refractivity contribution in [3.05, 3.63) is 39.6 Å². The van der Waals surface area contributed by atoms with Crippen LogP contribution in [0.4, 0.5) is 0 Å². The maximum Gasteiger partial charge on any atom is 0.0712 e.